The molecule has 0 spiro atoms. The van der Waals surface area contributed by atoms with Gasteiger partial charge in [-0.05, 0) is 67.8 Å². The molecule has 0 fully saturated rings. The molecule has 0 aliphatic rings. The Kier molecular flexibility index (Phi) is 6.55. The van der Waals surface area contributed by atoms with Crippen molar-refractivity contribution < 1.29 is 14.3 Å². The lowest BCUT2D eigenvalue weighted by molar-refractivity contribution is 0.0950. The lowest BCUT2D eigenvalue weighted by Gasteiger charge is -2.13. The third-order valence-corrected chi connectivity index (χ3v) is 4.99. The van der Waals surface area contributed by atoms with Gasteiger partial charge >= 0.3 is 0 Å². The third-order valence-electron chi connectivity index (χ3n) is 4.99. The fourth-order valence-corrected chi connectivity index (χ4v) is 2.99. The molecule has 1 N–H and O–H groups in total. The van der Waals surface area contributed by atoms with Crippen LogP contribution in [0.4, 0.5) is 0 Å². The molecule has 0 aliphatic heterocycles. The van der Waals surface area contributed by atoms with Crippen molar-refractivity contribution >= 4 is 5.91 Å². The lowest BCUT2D eigenvalue weighted by Crippen LogP contribution is -2.23. The molecule has 0 saturated carbocycles. The van der Waals surface area contributed by atoms with Crippen molar-refractivity contribution in [1.29, 1.82) is 0 Å². The first-order valence-corrected chi connectivity index (χ1v) is 9.67. The van der Waals surface area contributed by atoms with Gasteiger partial charge < -0.3 is 14.8 Å². The Morgan fingerprint density at radius 3 is 2.34 bits per heavy atom. The minimum absolute atomic E-state index is 0.124. The summed E-state index contributed by atoms with van der Waals surface area (Å²) in [6, 6.07) is 19.5. The molecule has 0 aliphatic carbocycles. The first-order valence-electron chi connectivity index (χ1n) is 9.67. The predicted octanol–water partition coefficient (Wildman–Crippen LogP) is 5.13. The molecular weight excluding hydrogens is 362 g/mol. The summed E-state index contributed by atoms with van der Waals surface area (Å²) >= 11 is 0. The van der Waals surface area contributed by atoms with E-state index in [0.717, 1.165) is 16.9 Å². The van der Waals surface area contributed by atoms with E-state index in [-0.39, 0.29) is 5.91 Å². The van der Waals surface area contributed by atoms with Crippen molar-refractivity contribution in [2.45, 2.75) is 33.9 Å². The second kappa shape index (κ2) is 9.28. The molecule has 3 aromatic rings. The molecule has 0 atom stereocenters. The first-order chi connectivity index (χ1) is 14.0. The van der Waals surface area contributed by atoms with E-state index in [9.17, 15) is 4.79 Å². The van der Waals surface area contributed by atoms with Gasteiger partial charge in [-0.15, -0.1) is 0 Å². The number of hydrogen-bond donors (Lipinski definition) is 1. The van der Waals surface area contributed by atoms with Crippen LogP contribution < -0.4 is 14.8 Å². The SMILES string of the molecule is COc1ccc(C(=O)NCc2ccc(C)cc2)cc1COc1ccc(C)c(C)c1. The number of ether oxygens (including phenoxy) is 2. The van der Waals surface area contributed by atoms with Crippen LogP contribution in [0.3, 0.4) is 0 Å². The van der Waals surface area contributed by atoms with Crippen LogP contribution in [0.2, 0.25) is 0 Å². The number of amides is 1. The Labute approximate surface area is 172 Å². The molecule has 0 radical (unpaired) electrons. The molecular formula is C25H27NO3. The maximum atomic E-state index is 12.6. The number of nitrogens with one attached hydrogen (secondary N) is 1. The highest BCUT2D eigenvalue weighted by Crippen LogP contribution is 2.23. The molecule has 4 nitrogen and oxygen atoms in total. The maximum absolute atomic E-state index is 12.6. The second-order valence-corrected chi connectivity index (χ2v) is 7.23. The fourth-order valence-electron chi connectivity index (χ4n) is 2.99. The summed E-state index contributed by atoms with van der Waals surface area (Å²) in [6.07, 6.45) is 0. The molecule has 0 heterocycles. The highest BCUT2D eigenvalue weighted by atomic mass is 16.5. The average molecular weight is 389 g/mol. The van der Waals surface area contributed by atoms with Crippen LogP contribution in [0.25, 0.3) is 0 Å². The molecule has 0 bridgehead atoms. The van der Waals surface area contributed by atoms with Gasteiger partial charge in [0.2, 0.25) is 0 Å². The van der Waals surface area contributed by atoms with E-state index in [1.165, 1.54) is 16.7 Å². The van der Waals surface area contributed by atoms with Crippen LogP contribution in [0.15, 0.2) is 60.7 Å². The van der Waals surface area contributed by atoms with Crippen LogP contribution in [0.5, 0.6) is 11.5 Å². The van der Waals surface area contributed by atoms with Gasteiger partial charge in [0, 0.05) is 17.7 Å². The number of benzene rings is 3. The molecule has 3 aromatic carbocycles. The second-order valence-electron chi connectivity index (χ2n) is 7.23. The Balaban J connectivity index is 1.69. The zero-order valence-corrected chi connectivity index (χ0v) is 17.4. The van der Waals surface area contributed by atoms with Gasteiger partial charge in [0.05, 0.1) is 7.11 Å². The molecule has 4 heteroatoms. The van der Waals surface area contributed by atoms with Crippen LogP contribution in [0.1, 0.15) is 38.2 Å². The number of rotatable bonds is 7. The Morgan fingerprint density at radius 1 is 0.897 bits per heavy atom. The van der Waals surface area contributed by atoms with Gasteiger partial charge in [0.15, 0.2) is 0 Å². The van der Waals surface area contributed by atoms with Gasteiger partial charge in [-0.1, -0.05) is 35.9 Å². The highest BCUT2D eigenvalue weighted by Gasteiger charge is 2.11. The summed E-state index contributed by atoms with van der Waals surface area (Å²) in [5.41, 5.74) is 6.07. The summed E-state index contributed by atoms with van der Waals surface area (Å²) in [4.78, 5) is 12.6. The van der Waals surface area contributed by atoms with Crippen molar-refractivity contribution in [3.8, 4) is 11.5 Å². The summed E-state index contributed by atoms with van der Waals surface area (Å²) in [5, 5.41) is 2.97. The summed E-state index contributed by atoms with van der Waals surface area (Å²) < 4.78 is 11.4. The van der Waals surface area contributed by atoms with E-state index in [0.29, 0.717) is 24.5 Å². The molecule has 0 aromatic heterocycles. The maximum Gasteiger partial charge on any atom is 0.251 e. The van der Waals surface area contributed by atoms with E-state index >= 15 is 0 Å². The average Bonchev–Trinajstić information content (AvgIpc) is 2.73. The Morgan fingerprint density at radius 2 is 1.66 bits per heavy atom. The topological polar surface area (TPSA) is 47.6 Å². The largest absolute Gasteiger partial charge is 0.496 e. The number of hydrogen-bond acceptors (Lipinski definition) is 3. The summed E-state index contributed by atoms with van der Waals surface area (Å²) in [5.74, 6) is 1.37. The Bertz CT molecular complexity index is 993. The van der Waals surface area contributed by atoms with Crippen molar-refractivity contribution in [3.05, 3.63) is 94.0 Å². The number of carbonyl (C=O) groups excluding carboxylic acids is 1. The summed E-state index contributed by atoms with van der Waals surface area (Å²) in [6.45, 7) is 6.98. The smallest absolute Gasteiger partial charge is 0.251 e. The molecule has 0 saturated heterocycles. The first kappa shape index (κ1) is 20.5. The number of aryl methyl sites for hydroxylation is 3. The standard InChI is InChI=1S/C25H27NO3/c1-17-5-8-20(9-6-17)15-26-25(27)21-10-12-24(28-4)22(14-21)16-29-23-11-7-18(2)19(3)13-23/h5-14H,15-16H2,1-4H3,(H,26,27). The predicted molar refractivity (Wildman–Crippen MR) is 116 cm³/mol. The summed E-state index contributed by atoms with van der Waals surface area (Å²) in [7, 11) is 1.62. The molecule has 0 unspecified atom stereocenters. The zero-order valence-electron chi connectivity index (χ0n) is 17.4. The quantitative estimate of drug-likeness (QED) is 0.609. The molecule has 1 amide bonds. The van der Waals surface area contributed by atoms with Crippen molar-refractivity contribution in [3.63, 3.8) is 0 Å². The van der Waals surface area contributed by atoms with Gasteiger partial charge in [-0.2, -0.15) is 0 Å². The molecule has 29 heavy (non-hydrogen) atoms. The van der Waals surface area contributed by atoms with E-state index in [2.05, 4.69) is 19.2 Å². The molecule has 150 valence electrons. The van der Waals surface area contributed by atoms with Crippen molar-refractivity contribution in [1.82, 2.24) is 5.32 Å². The van der Waals surface area contributed by atoms with Crippen LogP contribution >= 0.6 is 0 Å². The van der Waals surface area contributed by atoms with Crippen LogP contribution in [-0.2, 0) is 13.2 Å². The Hall–Kier alpha value is -3.27. The molecule has 3 rings (SSSR count). The lowest BCUT2D eigenvalue weighted by atomic mass is 10.1. The van der Waals surface area contributed by atoms with Crippen LogP contribution in [0, 0.1) is 20.8 Å². The van der Waals surface area contributed by atoms with Crippen molar-refractivity contribution in [2.24, 2.45) is 0 Å². The van der Waals surface area contributed by atoms with Gasteiger partial charge in [-0.25, -0.2) is 0 Å². The van der Waals surface area contributed by atoms with Gasteiger partial charge in [0.25, 0.3) is 5.91 Å². The van der Waals surface area contributed by atoms with E-state index in [4.69, 9.17) is 9.47 Å². The van der Waals surface area contributed by atoms with E-state index in [1.807, 2.05) is 55.5 Å². The third kappa shape index (κ3) is 5.38. The zero-order chi connectivity index (χ0) is 20.8. The minimum Gasteiger partial charge on any atom is -0.496 e. The van der Waals surface area contributed by atoms with Gasteiger partial charge in [-0.3, -0.25) is 4.79 Å². The highest BCUT2D eigenvalue weighted by molar-refractivity contribution is 5.94. The van der Waals surface area contributed by atoms with Crippen LogP contribution in [-0.4, -0.2) is 13.0 Å². The van der Waals surface area contributed by atoms with Crippen molar-refractivity contribution in [2.75, 3.05) is 7.11 Å². The minimum atomic E-state index is -0.124. The normalized spacial score (nSPS) is 10.5. The monoisotopic (exact) mass is 389 g/mol. The van der Waals surface area contributed by atoms with E-state index < -0.39 is 0 Å². The number of carbonyl (C=O) groups is 1. The number of methoxy groups -OCH3 is 1. The fraction of sp³-hybridized carbons (Fsp3) is 0.240. The van der Waals surface area contributed by atoms with E-state index in [1.54, 1.807) is 19.2 Å². The van der Waals surface area contributed by atoms with Gasteiger partial charge in [0.1, 0.15) is 18.1 Å².